The zero-order valence-electron chi connectivity index (χ0n) is 16.0. The smallest absolute Gasteiger partial charge is 0.259 e. The van der Waals surface area contributed by atoms with Gasteiger partial charge in [-0.15, -0.1) is 0 Å². The van der Waals surface area contributed by atoms with E-state index < -0.39 is 0 Å². The van der Waals surface area contributed by atoms with Crippen LogP contribution < -0.4 is 15.4 Å². The van der Waals surface area contributed by atoms with E-state index in [1.54, 1.807) is 48.7 Å². The number of halogens is 1. The molecule has 0 atom stereocenters. The molecule has 1 heterocycles. The predicted octanol–water partition coefficient (Wildman–Crippen LogP) is 4.95. The number of amides is 2. The Balaban J connectivity index is 1.80. The predicted molar refractivity (Wildman–Crippen MR) is 114 cm³/mol. The highest BCUT2D eigenvalue weighted by atomic mass is 35.5. The highest BCUT2D eigenvalue weighted by molar-refractivity contribution is 6.34. The lowest BCUT2D eigenvalue weighted by Gasteiger charge is -2.12. The fraction of sp³-hybridized carbons (Fsp3) is 0.136. The second-order valence-electron chi connectivity index (χ2n) is 6.25. The zero-order valence-corrected chi connectivity index (χ0v) is 16.8. The maximum atomic E-state index is 12.7. The average Bonchev–Trinajstić information content (AvgIpc) is 2.70. The summed E-state index contributed by atoms with van der Waals surface area (Å²) in [5, 5.41) is 5.79. The van der Waals surface area contributed by atoms with Gasteiger partial charge in [-0.25, -0.2) is 4.98 Å². The van der Waals surface area contributed by atoms with Crippen LogP contribution in [0.1, 0.15) is 33.2 Å². The Morgan fingerprint density at radius 2 is 1.83 bits per heavy atom. The third-order valence-corrected chi connectivity index (χ3v) is 4.39. The number of aryl methyl sites for hydroxylation is 1. The molecule has 0 aliphatic heterocycles. The van der Waals surface area contributed by atoms with Gasteiger partial charge in [0.2, 0.25) is 0 Å². The largest absolute Gasteiger partial charge is 0.493 e. The molecule has 29 heavy (non-hydrogen) atoms. The molecule has 3 aromatic rings. The van der Waals surface area contributed by atoms with Crippen LogP contribution in [0.4, 0.5) is 11.5 Å². The van der Waals surface area contributed by atoms with Crippen LogP contribution in [0, 0.1) is 6.92 Å². The van der Waals surface area contributed by atoms with E-state index in [0.29, 0.717) is 40.0 Å². The number of nitrogens with one attached hydrogen (secondary N) is 2. The minimum absolute atomic E-state index is 0.317. The number of ether oxygens (including phenoxy) is 1. The lowest BCUT2D eigenvalue weighted by molar-refractivity contribution is 0.101. The summed E-state index contributed by atoms with van der Waals surface area (Å²) in [7, 11) is 0. The topological polar surface area (TPSA) is 80.3 Å². The number of anilines is 2. The van der Waals surface area contributed by atoms with Gasteiger partial charge in [-0.3, -0.25) is 9.59 Å². The second kappa shape index (κ2) is 9.21. The standard InChI is InChI=1S/C22H20ClN3O3/c1-3-29-19-7-5-4-6-16(19)22(28)25-18-13-15(8-9-17(18)23)21(27)26-20-12-14(2)10-11-24-20/h4-13H,3H2,1-2H3,(H,25,28)(H,24,26,27). The van der Waals surface area contributed by atoms with Gasteiger partial charge in [0.05, 0.1) is 22.9 Å². The van der Waals surface area contributed by atoms with Gasteiger partial charge in [0.15, 0.2) is 0 Å². The van der Waals surface area contributed by atoms with E-state index in [1.165, 1.54) is 6.07 Å². The van der Waals surface area contributed by atoms with Gasteiger partial charge in [-0.2, -0.15) is 0 Å². The molecule has 0 bridgehead atoms. The Bertz CT molecular complexity index is 1050. The molecule has 2 aromatic carbocycles. The first-order valence-corrected chi connectivity index (χ1v) is 9.42. The van der Waals surface area contributed by atoms with Crippen LogP contribution in [-0.2, 0) is 0 Å². The van der Waals surface area contributed by atoms with E-state index in [2.05, 4.69) is 15.6 Å². The van der Waals surface area contributed by atoms with E-state index in [1.807, 2.05) is 19.9 Å². The lowest BCUT2D eigenvalue weighted by Crippen LogP contribution is -2.16. The van der Waals surface area contributed by atoms with Crippen LogP contribution in [-0.4, -0.2) is 23.4 Å². The molecule has 1 aromatic heterocycles. The molecule has 0 aliphatic rings. The summed E-state index contributed by atoms with van der Waals surface area (Å²) >= 11 is 6.22. The lowest BCUT2D eigenvalue weighted by atomic mass is 10.1. The number of nitrogens with zero attached hydrogens (tertiary/aromatic N) is 1. The Morgan fingerprint density at radius 1 is 1.03 bits per heavy atom. The molecule has 0 fully saturated rings. The van der Waals surface area contributed by atoms with Crippen molar-refractivity contribution in [1.82, 2.24) is 4.98 Å². The van der Waals surface area contributed by atoms with Crippen molar-refractivity contribution in [2.24, 2.45) is 0 Å². The number of para-hydroxylation sites is 1. The van der Waals surface area contributed by atoms with Crippen molar-refractivity contribution in [2.75, 3.05) is 17.2 Å². The number of benzene rings is 2. The average molecular weight is 410 g/mol. The maximum Gasteiger partial charge on any atom is 0.259 e. The Labute approximate surface area is 173 Å². The molecule has 2 N–H and O–H groups in total. The van der Waals surface area contributed by atoms with Crippen molar-refractivity contribution >= 4 is 34.9 Å². The second-order valence-corrected chi connectivity index (χ2v) is 6.66. The van der Waals surface area contributed by atoms with E-state index in [4.69, 9.17) is 16.3 Å². The van der Waals surface area contributed by atoms with Crippen LogP contribution in [0.2, 0.25) is 5.02 Å². The summed E-state index contributed by atoms with van der Waals surface area (Å²) in [5.41, 5.74) is 2.02. The SMILES string of the molecule is CCOc1ccccc1C(=O)Nc1cc(C(=O)Nc2cc(C)ccn2)ccc1Cl. The zero-order chi connectivity index (χ0) is 20.8. The normalized spacial score (nSPS) is 10.3. The number of aromatic nitrogens is 1. The molecule has 0 saturated carbocycles. The molecular weight excluding hydrogens is 390 g/mol. The molecule has 0 aliphatic carbocycles. The summed E-state index contributed by atoms with van der Waals surface area (Å²) in [6.07, 6.45) is 1.62. The number of pyridine rings is 1. The molecule has 7 heteroatoms. The summed E-state index contributed by atoms with van der Waals surface area (Å²) in [4.78, 5) is 29.4. The van der Waals surface area contributed by atoms with Gasteiger partial charge in [0.25, 0.3) is 11.8 Å². The van der Waals surface area contributed by atoms with Crippen molar-refractivity contribution in [2.45, 2.75) is 13.8 Å². The van der Waals surface area contributed by atoms with Gasteiger partial charge in [-0.05, 0) is 61.9 Å². The van der Waals surface area contributed by atoms with Crippen LogP contribution in [0.5, 0.6) is 5.75 Å². The van der Waals surface area contributed by atoms with E-state index in [-0.39, 0.29) is 11.8 Å². The van der Waals surface area contributed by atoms with Crippen molar-refractivity contribution < 1.29 is 14.3 Å². The fourth-order valence-electron chi connectivity index (χ4n) is 2.68. The molecule has 2 amide bonds. The van der Waals surface area contributed by atoms with Crippen LogP contribution in [0.25, 0.3) is 0 Å². The molecule has 0 unspecified atom stereocenters. The summed E-state index contributed by atoms with van der Waals surface area (Å²) in [5.74, 6) is 0.183. The van der Waals surface area contributed by atoms with Crippen LogP contribution in [0.3, 0.4) is 0 Å². The van der Waals surface area contributed by atoms with Gasteiger partial charge in [0.1, 0.15) is 11.6 Å². The Morgan fingerprint density at radius 3 is 2.59 bits per heavy atom. The highest BCUT2D eigenvalue weighted by Crippen LogP contribution is 2.26. The number of hydrogen-bond acceptors (Lipinski definition) is 4. The van der Waals surface area contributed by atoms with Gasteiger partial charge < -0.3 is 15.4 Å². The monoisotopic (exact) mass is 409 g/mol. The number of rotatable bonds is 6. The third kappa shape index (κ3) is 5.12. The van der Waals surface area contributed by atoms with Gasteiger partial charge in [-0.1, -0.05) is 23.7 Å². The van der Waals surface area contributed by atoms with Crippen LogP contribution >= 0.6 is 11.6 Å². The number of hydrogen-bond donors (Lipinski definition) is 2. The molecule has 0 saturated heterocycles. The fourth-order valence-corrected chi connectivity index (χ4v) is 2.85. The van der Waals surface area contributed by atoms with Crippen LogP contribution in [0.15, 0.2) is 60.8 Å². The molecular formula is C22H20ClN3O3. The first kappa shape index (κ1) is 20.4. The highest BCUT2D eigenvalue weighted by Gasteiger charge is 2.15. The summed E-state index contributed by atoms with van der Waals surface area (Å²) in [6, 6.07) is 15.2. The molecule has 3 rings (SSSR count). The quantitative estimate of drug-likeness (QED) is 0.603. The van der Waals surface area contributed by atoms with Crippen molar-refractivity contribution in [3.8, 4) is 5.75 Å². The molecule has 0 radical (unpaired) electrons. The maximum absolute atomic E-state index is 12.7. The first-order valence-electron chi connectivity index (χ1n) is 9.04. The Kier molecular flexibility index (Phi) is 6.46. The molecule has 0 spiro atoms. The van der Waals surface area contributed by atoms with E-state index in [9.17, 15) is 9.59 Å². The summed E-state index contributed by atoms with van der Waals surface area (Å²) < 4.78 is 5.50. The number of carbonyl (C=O) groups excluding carboxylic acids is 2. The minimum Gasteiger partial charge on any atom is -0.493 e. The minimum atomic E-state index is -0.381. The Hall–Kier alpha value is -3.38. The van der Waals surface area contributed by atoms with Crippen molar-refractivity contribution in [3.63, 3.8) is 0 Å². The van der Waals surface area contributed by atoms with Crippen molar-refractivity contribution in [1.29, 1.82) is 0 Å². The summed E-state index contributed by atoms with van der Waals surface area (Å²) in [6.45, 7) is 4.19. The number of carbonyl (C=O) groups is 2. The first-order chi connectivity index (χ1) is 14.0. The van der Waals surface area contributed by atoms with E-state index >= 15 is 0 Å². The van der Waals surface area contributed by atoms with Gasteiger partial charge >= 0.3 is 0 Å². The molecule has 6 nitrogen and oxygen atoms in total. The molecule has 148 valence electrons. The van der Waals surface area contributed by atoms with E-state index in [0.717, 1.165) is 5.56 Å². The van der Waals surface area contributed by atoms with Crippen molar-refractivity contribution in [3.05, 3.63) is 82.5 Å². The third-order valence-electron chi connectivity index (χ3n) is 4.07. The van der Waals surface area contributed by atoms with Gasteiger partial charge in [0, 0.05) is 11.8 Å².